The number of anilines is 1. The van der Waals surface area contributed by atoms with Gasteiger partial charge in [0.15, 0.2) is 4.80 Å². The van der Waals surface area contributed by atoms with E-state index in [9.17, 15) is 14.4 Å². The third-order valence-electron chi connectivity index (χ3n) is 6.59. The maximum absolute atomic E-state index is 14.2. The number of hydrogen-bond donors (Lipinski definition) is 0. The van der Waals surface area contributed by atoms with E-state index < -0.39 is 12.0 Å². The van der Waals surface area contributed by atoms with Gasteiger partial charge in [-0.15, -0.1) is 11.8 Å². The van der Waals surface area contributed by atoms with Gasteiger partial charge in [0.25, 0.3) is 11.5 Å². The number of thioether (sulfide) groups is 1. The number of fused-ring (bicyclic) bond motifs is 2. The Kier molecular flexibility index (Phi) is 7.15. The first-order valence-electron chi connectivity index (χ1n) is 12.6. The Hall–Kier alpha value is -3.43. The molecule has 1 amide bonds. The van der Waals surface area contributed by atoms with E-state index in [1.54, 1.807) is 42.0 Å². The molecule has 3 aromatic rings. The van der Waals surface area contributed by atoms with Crippen LogP contribution in [0.3, 0.4) is 0 Å². The summed E-state index contributed by atoms with van der Waals surface area (Å²) in [4.78, 5) is 49.0. The van der Waals surface area contributed by atoms with Gasteiger partial charge in [-0.3, -0.25) is 14.2 Å². The number of nitrogens with zero attached hydrogens (tertiary/aromatic N) is 3. The lowest BCUT2D eigenvalue weighted by Gasteiger charge is -2.25. The van der Waals surface area contributed by atoms with Crippen molar-refractivity contribution in [3.05, 3.63) is 90.6 Å². The van der Waals surface area contributed by atoms with Crippen molar-refractivity contribution in [3.63, 3.8) is 0 Å². The molecule has 0 N–H and O–H groups in total. The Labute approximate surface area is 229 Å². The van der Waals surface area contributed by atoms with E-state index in [0.717, 1.165) is 28.1 Å². The number of rotatable bonds is 6. The van der Waals surface area contributed by atoms with Gasteiger partial charge in [0.1, 0.15) is 4.53 Å². The number of allylic oxidation sites excluding steroid dienone is 1. The highest BCUT2D eigenvalue weighted by atomic mass is 32.2. The fraction of sp³-hybridized carbons (Fsp3) is 0.310. The molecule has 38 heavy (non-hydrogen) atoms. The van der Waals surface area contributed by atoms with Crippen molar-refractivity contribution in [2.45, 2.75) is 51.2 Å². The summed E-state index contributed by atoms with van der Waals surface area (Å²) in [7, 11) is 0. The highest BCUT2D eigenvalue weighted by molar-refractivity contribution is 7.98. The van der Waals surface area contributed by atoms with Crippen LogP contribution >= 0.6 is 23.1 Å². The zero-order valence-electron chi connectivity index (χ0n) is 22.0. The van der Waals surface area contributed by atoms with Crippen LogP contribution in [0, 0.1) is 0 Å². The average Bonchev–Trinajstić information content (AvgIpc) is 3.35. The van der Waals surface area contributed by atoms with Crippen LogP contribution < -0.4 is 19.8 Å². The molecule has 2 aliphatic rings. The second-order valence-corrected chi connectivity index (χ2v) is 11.3. The quantitative estimate of drug-likeness (QED) is 0.344. The van der Waals surface area contributed by atoms with Crippen LogP contribution in [0.2, 0.25) is 0 Å². The van der Waals surface area contributed by atoms with Crippen LogP contribution in [-0.4, -0.2) is 35.3 Å². The van der Waals surface area contributed by atoms with Crippen LogP contribution in [0.15, 0.2) is 74.5 Å². The van der Waals surface area contributed by atoms with E-state index in [2.05, 4.69) is 4.99 Å². The Morgan fingerprint density at radius 2 is 1.84 bits per heavy atom. The highest BCUT2D eigenvalue weighted by Gasteiger charge is 2.37. The van der Waals surface area contributed by atoms with Crippen molar-refractivity contribution >= 4 is 46.2 Å². The molecule has 2 aromatic carbocycles. The number of esters is 1. The number of amides is 1. The molecule has 196 valence electrons. The highest BCUT2D eigenvalue weighted by Crippen LogP contribution is 2.36. The molecule has 0 saturated heterocycles. The molecule has 1 unspecified atom stereocenters. The largest absolute Gasteiger partial charge is 0.459 e. The van der Waals surface area contributed by atoms with Gasteiger partial charge in [0.2, 0.25) is 0 Å². The molecule has 9 heteroatoms. The van der Waals surface area contributed by atoms with Crippen LogP contribution in [0.5, 0.6) is 0 Å². The molecule has 0 saturated carbocycles. The molecule has 1 atom stereocenters. The predicted molar refractivity (Wildman–Crippen MR) is 151 cm³/mol. The number of carbonyl (C=O) groups is 2. The van der Waals surface area contributed by atoms with Gasteiger partial charge in [-0.2, -0.15) is 0 Å². The van der Waals surface area contributed by atoms with Gasteiger partial charge in [-0.1, -0.05) is 48.6 Å². The second-order valence-electron chi connectivity index (χ2n) is 9.48. The first-order chi connectivity index (χ1) is 18.3. The summed E-state index contributed by atoms with van der Waals surface area (Å²) < 4.78 is 7.46. The third-order valence-corrected chi connectivity index (χ3v) is 8.39. The first kappa shape index (κ1) is 26.2. The SMILES string of the molecule is CCCN1C(=O)C(=c2sc3n(c2=O)C(c2ccc(SC)cc2)C(C(=O)OC(C)C)=C(C)N=3)c2ccccc21. The molecular weight excluding hydrogens is 518 g/mol. The second kappa shape index (κ2) is 10.4. The standard InChI is InChI=1S/C29H29N3O4S2/c1-6-15-31-21-10-8-7-9-20(21)23(26(31)33)25-27(34)32-24(18-11-13-19(37-5)14-12-18)22(28(35)36-16(2)3)17(4)30-29(32)38-25/h7-14,16,24H,6,15H2,1-5H3. The Bertz CT molecular complexity index is 1650. The summed E-state index contributed by atoms with van der Waals surface area (Å²) in [6, 6.07) is 14.6. The van der Waals surface area contributed by atoms with E-state index >= 15 is 0 Å². The zero-order chi connectivity index (χ0) is 27.1. The number of ether oxygens (including phenoxy) is 1. The molecular formula is C29H29N3O4S2. The molecule has 5 rings (SSSR count). The lowest BCUT2D eigenvalue weighted by Crippen LogP contribution is -2.41. The molecule has 2 aliphatic heterocycles. The van der Waals surface area contributed by atoms with E-state index in [4.69, 9.17) is 4.74 Å². The maximum Gasteiger partial charge on any atom is 0.338 e. The van der Waals surface area contributed by atoms with Gasteiger partial charge in [-0.25, -0.2) is 9.79 Å². The summed E-state index contributed by atoms with van der Waals surface area (Å²) in [5.74, 6) is -0.691. The molecule has 0 bridgehead atoms. The van der Waals surface area contributed by atoms with E-state index in [0.29, 0.717) is 32.7 Å². The number of carbonyl (C=O) groups excluding carboxylic acids is 2. The predicted octanol–water partition coefficient (Wildman–Crippen LogP) is 4.04. The molecule has 7 nitrogen and oxygen atoms in total. The third kappa shape index (κ3) is 4.33. The fourth-order valence-electron chi connectivity index (χ4n) is 4.96. The van der Waals surface area contributed by atoms with Crippen molar-refractivity contribution in [2.24, 2.45) is 4.99 Å². The van der Waals surface area contributed by atoms with Crippen molar-refractivity contribution in [1.82, 2.24) is 4.57 Å². The van der Waals surface area contributed by atoms with Crippen LogP contribution in [-0.2, 0) is 14.3 Å². The number of thiazole rings is 1. The summed E-state index contributed by atoms with van der Waals surface area (Å²) >= 11 is 2.81. The van der Waals surface area contributed by atoms with E-state index in [1.165, 1.54) is 11.3 Å². The Morgan fingerprint density at radius 3 is 2.50 bits per heavy atom. The lowest BCUT2D eigenvalue weighted by molar-refractivity contribution is -0.143. The molecule has 1 aromatic heterocycles. The van der Waals surface area contributed by atoms with Gasteiger partial charge in [0.05, 0.1) is 34.7 Å². The van der Waals surface area contributed by atoms with Crippen molar-refractivity contribution in [2.75, 3.05) is 17.7 Å². The zero-order valence-corrected chi connectivity index (χ0v) is 23.6. The topological polar surface area (TPSA) is 81.0 Å². The maximum atomic E-state index is 14.2. The van der Waals surface area contributed by atoms with Crippen LogP contribution in [0.25, 0.3) is 5.57 Å². The van der Waals surface area contributed by atoms with Gasteiger partial charge in [0, 0.05) is 17.0 Å². The smallest absolute Gasteiger partial charge is 0.338 e. The first-order valence-corrected chi connectivity index (χ1v) is 14.6. The van der Waals surface area contributed by atoms with Crippen molar-refractivity contribution in [3.8, 4) is 0 Å². The normalized spacial score (nSPS) is 18.0. The number of hydrogen-bond acceptors (Lipinski definition) is 7. The van der Waals surface area contributed by atoms with Crippen LogP contribution in [0.4, 0.5) is 5.69 Å². The fourth-order valence-corrected chi connectivity index (χ4v) is 6.50. The van der Waals surface area contributed by atoms with Gasteiger partial charge >= 0.3 is 5.97 Å². The molecule has 0 spiro atoms. The molecule has 0 radical (unpaired) electrons. The summed E-state index contributed by atoms with van der Waals surface area (Å²) in [6.07, 6.45) is 2.46. The minimum atomic E-state index is -0.721. The molecule has 0 aliphatic carbocycles. The minimum Gasteiger partial charge on any atom is -0.459 e. The van der Waals surface area contributed by atoms with Gasteiger partial charge < -0.3 is 9.64 Å². The average molecular weight is 548 g/mol. The molecule has 0 fully saturated rings. The summed E-state index contributed by atoms with van der Waals surface area (Å²) in [6.45, 7) is 7.92. The minimum absolute atomic E-state index is 0.186. The lowest BCUT2D eigenvalue weighted by atomic mass is 9.96. The van der Waals surface area contributed by atoms with E-state index in [-0.39, 0.29) is 17.6 Å². The number of aromatic nitrogens is 1. The van der Waals surface area contributed by atoms with Crippen molar-refractivity contribution < 1.29 is 14.3 Å². The molecule has 3 heterocycles. The summed E-state index contributed by atoms with van der Waals surface area (Å²) in [5.41, 5.74) is 3.20. The monoisotopic (exact) mass is 547 g/mol. The number of benzene rings is 2. The van der Waals surface area contributed by atoms with Crippen molar-refractivity contribution in [1.29, 1.82) is 0 Å². The number of para-hydroxylation sites is 1. The van der Waals surface area contributed by atoms with Gasteiger partial charge in [-0.05, 0) is 57.2 Å². The van der Waals surface area contributed by atoms with E-state index in [1.807, 2.05) is 61.7 Å². The van der Waals surface area contributed by atoms with Crippen LogP contribution in [0.1, 0.15) is 51.3 Å². The Morgan fingerprint density at radius 1 is 1.13 bits per heavy atom. The summed E-state index contributed by atoms with van der Waals surface area (Å²) in [5, 5.41) is 0. The Balaban J connectivity index is 1.79.